The van der Waals surface area contributed by atoms with Gasteiger partial charge in [0, 0.05) is 16.7 Å². The summed E-state index contributed by atoms with van der Waals surface area (Å²) in [6.45, 7) is 2.00. The van der Waals surface area contributed by atoms with E-state index >= 15 is 0 Å². The Morgan fingerprint density at radius 3 is 2.33 bits per heavy atom. The molecular formula is C17H12Cl2N2OS2. The van der Waals surface area contributed by atoms with Gasteiger partial charge in [0.1, 0.15) is 0 Å². The van der Waals surface area contributed by atoms with Gasteiger partial charge >= 0.3 is 0 Å². The highest BCUT2D eigenvalue weighted by Crippen LogP contribution is 2.67. The van der Waals surface area contributed by atoms with Gasteiger partial charge in [-0.2, -0.15) is 4.40 Å². The van der Waals surface area contributed by atoms with E-state index in [-0.39, 0.29) is 5.91 Å². The summed E-state index contributed by atoms with van der Waals surface area (Å²) in [6.07, 6.45) is 0. The largest absolute Gasteiger partial charge is 0.285 e. The summed E-state index contributed by atoms with van der Waals surface area (Å²) in [4.78, 5) is 12.6. The van der Waals surface area contributed by atoms with Crippen LogP contribution in [-0.4, -0.2) is 15.9 Å². The first-order valence-corrected chi connectivity index (χ1v) is 10.1. The van der Waals surface area contributed by atoms with Crippen LogP contribution < -0.4 is 4.90 Å². The average Bonchev–Trinajstić information content (AvgIpc) is 3.01. The first-order chi connectivity index (χ1) is 11.5. The predicted octanol–water partition coefficient (Wildman–Crippen LogP) is 5.12. The number of amides is 1. The molecule has 2 aromatic rings. The molecule has 0 radical (unpaired) electrons. The molecule has 2 aliphatic heterocycles. The van der Waals surface area contributed by atoms with Crippen LogP contribution in [0.3, 0.4) is 0 Å². The molecule has 0 N–H and O–H groups in total. The molecule has 1 fully saturated rings. The van der Waals surface area contributed by atoms with Crippen LogP contribution in [0.2, 0.25) is 0 Å². The molecular weight excluding hydrogens is 383 g/mol. The van der Waals surface area contributed by atoms with Crippen LogP contribution in [0, 0.1) is 6.92 Å². The van der Waals surface area contributed by atoms with E-state index in [2.05, 4.69) is 4.40 Å². The number of anilines is 1. The molecule has 2 heterocycles. The molecule has 1 saturated heterocycles. The third-order valence-corrected chi connectivity index (χ3v) is 8.06. The number of benzene rings is 2. The molecule has 122 valence electrons. The monoisotopic (exact) mass is 394 g/mol. The van der Waals surface area contributed by atoms with Crippen molar-refractivity contribution in [2.75, 3.05) is 4.90 Å². The number of β-lactam (4-membered cyclic amide) rings is 1. The van der Waals surface area contributed by atoms with Crippen molar-refractivity contribution in [1.29, 1.82) is 0 Å². The highest BCUT2D eigenvalue weighted by molar-refractivity contribution is 8.77. The number of alkyl halides is 1. The van der Waals surface area contributed by atoms with Crippen LogP contribution in [0.1, 0.15) is 11.1 Å². The standard InChI is InChI=1S/C17H12Cl2N2OS2/c1-11-7-9-13(10-8-11)21-15(22)16(19,12-5-3-2-4-6-12)17(21)14(18)20-24-23-17/h2-10H,1H3. The van der Waals surface area contributed by atoms with E-state index in [0.717, 1.165) is 16.8 Å². The van der Waals surface area contributed by atoms with E-state index in [1.807, 2.05) is 61.5 Å². The van der Waals surface area contributed by atoms with E-state index in [1.165, 1.54) is 21.8 Å². The quantitative estimate of drug-likeness (QED) is 0.306. The second kappa shape index (κ2) is 5.70. The van der Waals surface area contributed by atoms with Gasteiger partial charge in [-0.3, -0.25) is 9.69 Å². The lowest BCUT2D eigenvalue weighted by atomic mass is 9.79. The van der Waals surface area contributed by atoms with Crippen LogP contribution in [-0.2, 0) is 9.67 Å². The summed E-state index contributed by atoms with van der Waals surface area (Å²) in [5.41, 5.74) is 2.61. The van der Waals surface area contributed by atoms with E-state index < -0.39 is 9.75 Å². The average molecular weight is 395 g/mol. The van der Waals surface area contributed by atoms with Crippen LogP contribution >= 0.6 is 45.0 Å². The SMILES string of the molecule is Cc1ccc(N2C(=O)C(Cl)(c3ccccc3)C23SSN=C3Cl)cc1. The number of hydrogen-bond acceptors (Lipinski definition) is 4. The molecule has 0 aromatic heterocycles. The van der Waals surface area contributed by atoms with Gasteiger partial charge in [0.2, 0.25) is 0 Å². The fourth-order valence-electron chi connectivity index (χ4n) is 3.05. The number of nitrogens with zero attached hydrogens (tertiary/aromatic N) is 2. The molecule has 24 heavy (non-hydrogen) atoms. The van der Waals surface area contributed by atoms with E-state index in [1.54, 1.807) is 4.90 Å². The minimum absolute atomic E-state index is 0.192. The lowest BCUT2D eigenvalue weighted by Crippen LogP contribution is -2.78. The maximum atomic E-state index is 13.1. The molecule has 7 heteroatoms. The number of carbonyl (C=O) groups excluding carboxylic acids is 1. The zero-order valence-electron chi connectivity index (χ0n) is 12.6. The number of rotatable bonds is 2. The molecule has 1 amide bonds. The van der Waals surface area contributed by atoms with E-state index in [0.29, 0.717) is 5.17 Å². The molecule has 2 aromatic carbocycles. The summed E-state index contributed by atoms with van der Waals surface area (Å²) in [5, 5.41) is 0.330. The molecule has 2 atom stereocenters. The summed E-state index contributed by atoms with van der Waals surface area (Å²) >= 11 is 13.4. The Hall–Kier alpha value is -1.14. The van der Waals surface area contributed by atoms with Crippen LogP contribution in [0.4, 0.5) is 5.69 Å². The molecule has 2 aliphatic rings. The van der Waals surface area contributed by atoms with Gasteiger partial charge in [-0.15, -0.1) is 0 Å². The zero-order valence-corrected chi connectivity index (χ0v) is 15.7. The van der Waals surface area contributed by atoms with Crippen molar-refractivity contribution < 1.29 is 4.79 Å². The second-order valence-corrected chi connectivity index (χ2v) is 8.65. The summed E-state index contributed by atoms with van der Waals surface area (Å²) in [6, 6.07) is 17.1. The minimum atomic E-state index is -1.27. The van der Waals surface area contributed by atoms with Crippen molar-refractivity contribution in [1.82, 2.24) is 0 Å². The molecule has 1 spiro atoms. The Balaban J connectivity index is 1.88. The number of hydrogen-bond donors (Lipinski definition) is 0. The van der Waals surface area contributed by atoms with Crippen molar-refractivity contribution in [2.24, 2.45) is 4.40 Å². The van der Waals surface area contributed by atoms with Gasteiger partial charge < -0.3 is 0 Å². The highest BCUT2D eigenvalue weighted by atomic mass is 35.5. The van der Waals surface area contributed by atoms with E-state index in [9.17, 15) is 4.79 Å². The fraction of sp³-hybridized carbons (Fsp3) is 0.176. The van der Waals surface area contributed by atoms with E-state index in [4.69, 9.17) is 23.2 Å². The topological polar surface area (TPSA) is 32.7 Å². The molecule has 0 aliphatic carbocycles. The van der Waals surface area contributed by atoms with Crippen LogP contribution in [0.15, 0.2) is 59.0 Å². The third-order valence-electron chi connectivity index (χ3n) is 4.30. The Morgan fingerprint density at radius 2 is 1.75 bits per heavy atom. The smallest absolute Gasteiger partial charge is 0.258 e. The highest BCUT2D eigenvalue weighted by Gasteiger charge is 2.76. The van der Waals surface area contributed by atoms with Crippen molar-refractivity contribution >= 4 is 61.7 Å². The van der Waals surface area contributed by atoms with Gasteiger partial charge in [-0.1, -0.05) is 71.2 Å². The maximum Gasteiger partial charge on any atom is 0.258 e. The van der Waals surface area contributed by atoms with Crippen molar-refractivity contribution in [2.45, 2.75) is 16.7 Å². The third kappa shape index (κ3) is 1.96. The molecule has 4 rings (SSSR count). The normalized spacial score (nSPS) is 28.9. The first kappa shape index (κ1) is 16.3. The van der Waals surface area contributed by atoms with Crippen molar-refractivity contribution in [3.05, 3.63) is 65.7 Å². The van der Waals surface area contributed by atoms with Crippen molar-refractivity contribution in [3.63, 3.8) is 0 Å². The lowest BCUT2D eigenvalue weighted by molar-refractivity contribution is -0.127. The Labute approximate surface area is 158 Å². The molecule has 2 unspecified atom stereocenters. The number of aryl methyl sites for hydroxylation is 1. The van der Waals surface area contributed by atoms with Gasteiger partial charge in [0.15, 0.2) is 14.9 Å². The summed E-state index contributed by atoms with van der Waals surface area (Å²) < 4.78 is 4.24. The van der Waals surface area contributed by atoms with Crippen LogP contribution in [0.5, 0.6) is 0 Å². The maximum absolute atomic E-state index is 13.1. The first-order valence-electron chi connectivity index (χ1n) is 7.26. The number of carbonyl (C=O) groups is 1. The molecule has 0 saturated carbocycles. The second-order valence-electron chi connectivity index (χ2n) is 5.68. The number of halogens is 2. The fourth-order valence-corrected chi connectivity index (χ4v) is 7.04. The Kier molecular flexibility index (Phi) is 3.88. The Morgan fingerprint density at radius 1 is 1.08 bits per heavy atom. The van der Waals surface area contributed by atoms with Gasteiger partial charge in [0.05, 0.1) is 0 Å². The van der Waals surface area contributed by atoms with Crippen LogP contribution in [0.25, 0.3) is 0 Å². The predicted molar refractivity (Wildman–Crippen MR) is 104 cm³/mol. The molecule has 0 bridgehead atoms. The summed E-state index contributed by atoms with van der Waals surface area (Å²) in [7, 11) is 2.67. The van der Waals surface area contributed by atoms with Gasteiger partial charge in [0.25, 0.3) is 5.91 Å². The minimum Gasteiger partial charge on any atom is -0.285 e. The molecule has 3 nitrogen and oxygen atoms in total. The Bertz CT molecular complexity index is 843. The van der Waals surface area contributed by atoms with Crippen molar-refractivity contribution in [3.8, 4) is 0 Å². The van der Waals surface area contributed by atoms with Gasteiger partial charge in [-0.25, -0.2) is 0 Å². The summed E-state index contributed by atoms with van der Waals surface area (Å²) in [5.74, 6) is -0.192. The van der Waals surface area contributed by atoms with Gasteiger partial charge in [-0.05, 0) is 35.4 Å². The zero-order chi connectivity index (χ0) is 16.9. The lowest BCUT2D eigenvalue weighted by Gasteiger charge is -2.58.